The molecule has 1 atom stereocenters. The van der Waals surface area contributed by atoms with Crippen LogP contribution in [0.25, 0.3) is 11.1 Å². The van der Waals surface area contributed by atoms with Crippen molar-refractivity contribution in [3.05, 3.63) is 107 Å². The van der Waals surface area contributed by atoms with Gasteiger partial charge in [0, 0.05) is 24.5 Å². The zero-order valence-corrected chi connectivity index (χ0v) is 20.4. The number of aromatic nitrogens is 2. The van der Waals surface area contributed by atoms with Gasteiger partial charge in [-0.15, -0.1) is 0 Å². The van der Waals surface area contributed by atoms with Gasteiger partial charge >= 0.3 is 0 Å². The predicted molar refractivity (Wildman–Crippen MR) is 141 cm³/mol. The quantitative estimate of drug-likeness (QED) is 0.280. The molecule has 0 aliphatic heterocycles. The maximum atomic E-state index is 13.2. The lowest BCUT2D eigenvalue weighted by molar-refractivity contribution is 0.0939. The van der Waals surface area contributed by atoms with Crippen molar-refractivity contribution in [3.8, 4) is 17.2 Å². The molecule has 0 unspecified atom stereocenters. The number of nitrogens with one attached hydrogen (secondary N) is 2. The van der Waals surface area contributed by atoms with Crippen LogP contribution in [-0.4, -0.2) is 21.8 Å². The van der Waals surface area contributed by atoms with Gasteiger partial charge in [0.25, 0.3) is 11.8 Å². The SMILES string of the molecule is C[C@H](NC(=O)c1cc(C#N)cnc1NCc1ccc(-c2cnc(N)c(C(N)=O)c2)cc1)c1ccc(F)cc1. The number of nitrogens with zero attached hydrogens (tertiary/aromatic N) is 3. The molecule has 6 N–H and O–H groups in total. The van der Waals surface area contributed by atoms with Gasteiger partial charge in [-0.2, -0.15) is 5.26 Å². The summed E-state index contributed by atoms with van der Waals surface area (Å²) >= 11 is 0. The molecule has 0 saturated carbocycles. The van der Waals surface area contributed by atoms with Crippen molar-refractivity contribution in [3.63, 3.8) is 0 Å². The Bertz CT molecular complexity index is 1530. The lowest BCUT2D eigenvalue weighted by Gasteiger charge is -2.16. The molecular formula is C28H24FN7O2. The smallest absolute Gasteiger partial charge is 0.255 e. The van der Waals surface area contributed by atoms with Crippen LogP contribution in [0.15, 0.2) is 73.1 Å². The van der Waals surface area contributed by atoms with Crippen LogP contribution in [0.1, 0.15) is 50.4 Å². The predicted octanol–water partition coefficient (Wildman–Crippen LogP) is 3.94. The number of nitrogen functional groups attached to an aromatic ring is 1. The number of hydrogen-bond donors (Lipinski definition) is 4. The first-order valence-corrected chi connectivity index (χ1v) is 11.6. The molecule has 38 heavy (non-hydrogen) atoms. The molecule has 9 nitrogen and oxygen atoms in total. The van der Waals surface area contributed by atoms with Gasteiger partial charge in [0.1, 0.15) is 23.5 Å². The zero-order valence-electron chi connectivity index (χ0n) is 20.4. The summed E-state index contributed by atoms with van der Waals surface area (Å²) in [6.45, 7) is 2.13. The van der Waals surface area contributed by atoms with Gasteiger partial charge < -0.3 is 22.1 Å². The molecular weight excluding hydrogens is 485 g/mol. The van der Waals surface area contributed by atoms with Crippen LogP contribution in [0, 0.1) is 17.1 Å². The molecule has 10 heteroatoms. The Balaban J connectivity index is 1.49. The Labute approximate surface area is 218 Å². The second kappa shape index (κ2) is 11.2. The van der Waals surface area contributed by atoms with Crippen molar-refractivity contribution in [1.82, 2.24) is 15.3 Å². The molecule has 4 rings (SSSR count). The van der Waals surface area contributed by atoms with Gasteiger partial charge in [0.15, 0.2) is 0 Å². The van der Waals surface area contributed by atoms with Crippen LogP contribution in [0.4, 0.5) is 16.0 Å². The normalized spacial score (nSPS) is 11.3. The maximum Gasteiger partial charge on any atom is 0.255 e. The summed E-state index contributed by atoms with van der Waals surface area (Å²) in [5.41, 5.74) is 14.8. The highest BCUT2D eigenvalue weighted by Gasteiger charge is 2.17. The number of carbonyl (C=O) groups excluding carboxylic acids is 2. The fourth-order valence-electron chi connectivity index (χ4n) is 3.78. The van der Waals surface area contributed by atoms with E-state index in [-0.39, 0.29) is 28.3 Å². The van der Waals surface area contributed by atoms with Crippen molar-refractivity contribution >= 4 is 23.5 Å². The number of anilines is 2. The number of halogens is 1. The van der Waals surface area contributed by atoms with Crippen LogP contribution < -0.4 is 22.1 Å². The summed E-state index contributed by atoms with van der Waals surface area (Å²) in [6.07, 6.45) is 2.95. The molecule has 2 amide bonds. The summed E-state index contributed by atoms with van der Waals surface area (Å²) in [7, 11) is 0. The van der Waals surface area contributed by atoms with Gasteiger partial charge in [0.2, 0.25) is 0 Å². The van der Waals surface area contributed by atoms with E-state index in [0.29, 0.717) is 17.9 Å². The molecule has 190 valence electrons. The van der Waals surface area contributed by atoms with Crippen LogP contribution in [0.3, 0.4) is 0 Å². The molecule has 0 spiro atoms. The fraction of sp³-hybridized carbons (Fsp3) is 0.107. The Morgan fingerprint density at radius 1 is 1.00 bits per heavy atom. The second-order valence-electron chi connectivity index (χ2n) is 8.55. The van der Waals surface area contributed by atoms with Crippen molar-refractivity contribution < 1.29 is 14.0 Å². The summed E-state index contributed by atoms with van der Waals surface area (Å²) < 4.78 is 13.2. The number of nitriles is 1. The molecule has 0 radical (unpaired) electrons. The number of pyridine rings is 2. The van der Waals surface area contributed by atoms with Crippen molar-refractivity contribution in [2.45, 2.75) is 19.5 Å². The molecule has 0 bridgehead atoms. The van der Waals surface area contributed by atoms with E-state index in [0.717, 1.165) is 16.7 Å². The van der Waals surface area contributed by atoms with E-state index in [1.54, 1.807) is 31.3 Å². The summed E-state index contributed by atoms with van der Waals surface area (Å²) in [5, 5.41) is 15.3. The van der Waals surface area contributed by atoms with Gasteiger partial charge in [0.05, 0.1) is 22.7 Å². The molecule has 0 aliphatic rings. The largest absolute Gasteiger partial charge is 0.383 e. The Morgan fingerprint density at radius 3 is 2.37 bits per heavy atom. The van der Waals surface area contributed by atoms with E-state index >= 15 is 0 Å². The number of amides is 2. The first-order valence-electron chi connectivity index (χ1n) is 11.6. The number of carbonyl (C=O) groups is 2. The highest BCUT2D eigenvalue weighted by atomic mass is 19.1. The number of primary amides is 1. The van der Waals surface area contributed by atoms with Crippen molar-refractivity contribution in [1.29, 1.82) is 5.26 Å². The second-order valence-corrected chi connectivity index (χ2v) is 8.55. The zero-order chi connectivity index (χ0) is 27.2. The van der Waals surface area contributed by atoms with Gasteiger partial charge in [-0.25, -0.2) is 14.4 Å². The van der Waals surface area contributed by atoms with Gasteiger partial charge in [-0.1, -0.05) is 36.4 Å². The van der Waals surface area contributed by atoms with Crippen LogP contribution in [-0.2, 0) is 6.54 Å². The number of nitrogens with two attached hydrogens (primary N) is 2. The third-order valence-electron chi connectivity index (χ3n) is 5.91. The van der Waals surface area contributed by atoms with Crippen LogP contribution in [0.5, 0.6) is 0 Å². The monoisotopic (exact) mass is 509 g/mol. The Kier molecular flexibility index (Phi) is 7.58. The van der Waals surface area contributed by atoms with E-state index in [9.17, 15) is 19.2 Å². The molecule has 2 heterocycles. The van der Waals surface area contributed by atoms with Crippen LogP contribution >= 0.6 is 0 Å². The van der Waals surface area contributed by atoms with E-state index in [4.69, 9.17) is 11.5 Å². The molecule has 2 aromatic carbocycles. The summed E-state index contributed by atoms with van der Waals surface area (Å²) in [5.74, 6) is -1.06. The number of hydrogen-bond acceptors (Lipinski definition) is 7. The minimum absolute atomic E-state index is 0.0730. The average molecular weight is 510 g/mol. The molecule has 0 saturated heterocycles. The van der Waals surface area contributed by atoms with E-state index in [2.05, 4.69) is 20.6 Å². The average Bonchev–Trinajstić information content (AvgIpc) is 2.92. The van der Waals surface area contributed by atoms with Crippen molar-refractivity contribution in [2.24, 2.45) is 5.73 Å². The third kappa shape index (κ3) is 5.91. The summed E-state index contributed by atoms with van der Waals surface area (Å²) in [4.78, 5) is 32.9. The summed E-state index contributed by atoms with van der Waals surface area (Å²) in [6, 6.07) is 18.0. The first kappa shape index (κ1) is 25.8. The first-order chi connectivity index (χ1) is 18.2. The van der Waals surface area contributed by atoms with E-state index < -0.39 is 17.9 Å². The minimum Gasteiger partial charge on any atom is -0.383 e. The molecule has 0 aliphatic carbocycles. The standard InChI is InChI=1S/C28H24FN7O2/c1-16(19-6-8-22(29)9-7-19)36-28(38)24-10-18(12-30)14-35-27(24)34-13-17-2-4-20(5-3-17)21-11-23(26(32)37)25(31)33-15-21/h2-11,14-16H,13H2,1H3,(H2,31,33)(H2,32,37)(H,34,35)(H,36,38)/t16-/m0/s1. The number of rotatable bonds is 8. The molecule has 4 aromatic rings. The highest BCUT2D eigenvalue weighted by molar-refractivity contribution is 5.99. The molecule has 2 aromatic heterocycles. The number of benzene rings is 2. The lowest BCUT2D eigenvalue weighted by Crippen LogP contribution is -2.28. The van der Waals surface area contributed by atoms with Crippen molar-refractivity contribution in [2.75, 3.05) is 11.1 Å². The third-order valence-corrected chi connectivity index (χ3v) is 5.91. The topological polar surface area (TPSA) is 160 Å². The molecule has 0 fully saturated rings. The maximum absolute atomic E-state index is 13.2. The van der Waals surface area contributed by atoms with E-state index in [1.165, 1.54) is 24.4 Å². The van der Waals surface area contributed by atoms with Crippen LogP contribution in [0.2, 0.25) is 0 Å². The Hall–Kier alpha value is -5.30. The van der Waals surface area contributed by atoms with E-state index in [1.807, 2.05) is 30.3 Å². The highest BCUT2D eigenvalue weighted by Crippen LogP contribution is 2.23. The lowest BCUT2D eigenvalue weighted by atomic mass is 10.0. The van der Waals surface area contributed by atoms with Gasteiger partial charge in [-0.3, -0.25) is 9.59 Å². The Morgan fingerprint density at radius 2 is 1.71 bits per heavy atom. The fourth-order valence-corrected chi connectivity index (χ4v) is 3.78. The minimum atomic E-state index is -0.653. The van der Waals surface area contributed by atoms with Gasteiger partial charge in [-0.05, 0) is 47.9 Å².